The predicted octanol–water partition coefficient (Wildman–Crippen LogP) is 1.31. The molecule has 2 fully saturated rings. The van der Waals surface area contributed by atoms with Crippen LogP contribution in [0.1, 0.15) is 48.5 Å². The highest BCUT2D eigenvalue weighted by molar-refractivity contribution is 7.99. The number of esters is 7. The van der Waals surface area contributed by atoms with Crippen molar-refractivity contribution in [1.29, 1.82) is 0 Å². The van der Waals surface area contributed by atoms with E-state index in [0.717, 1.165) is 60.2 Å². The van der Waals surface area contributed by atoms with Crippen molar-refractivity contribution in [2.24, 2.45) is 0 Å². The van der Waals surface area contributed by atoms with Crippen molar-refractivity contribution in [2.75, 3.05) is 13.2 Å². The largest absolute Gasteiger partial charge is 0.463 e. The van der Waals surface area contributed by atoms with E-state index in [9.17, 15) is 43.7 Å². The number of ether oxygens (including phenoxy) is 10. The molecule has 0 spiro atoms. The van der Waals surface area contributed by atoms with Crippen molar-refractivity contribution < 1.29 is 85.9 Å². The highest BCUT2D eigenvalue weighted by Crippen LogP contribution is 2.40. The normalized spacial score (nSPS) is 28.0. The van der Waals surface area contributed by atoms with E-state index in [0.29, 0.717) is 4.90 Å². The highest BCUT2D eigenvalue weighted by atomic mass is 32.2. The van der Waals surface area contributed by atoms with Gasteiger partial charge in [0.1, 0.15) is 37.0 Å². The van der Waals surface area contributed by atoms with E-state index in [-0.39, 0.29) is 5.69 Å². The van der Waals surface area contributed by atoms with Gasteiger partial charge < -0.3 is 47.4 Å². The summed E-state index contributed by atoms with van der Waals surface area (Å²) in [4.78, 5) is 96.7. The summed E-state index contributed by atoms with van der Waals surface area (Å²) in [5.74, 6) is -5.99. The van der Waals surface area contributed by atoms with Crippen LogP contribution < -0.4 is 0 Å². The van der Waals surface area contributed by atoms with Gasteiger partial charge in [-0.1, -0.05) is 11.8 Å². The Kier molecular flexibility index (Phi) is 15.5. The maximum Gasteiger partial charge on any atom is 0.303 e. The predicted molar refractivity (Wildman–Crippen MR) is 172 cm³/mol. The zero-order valence-corrected chi connectivity index (χ0v) is 30.4. The maximum atomic E-state index is 12.6. The van der Waals surface area contributed by atoms with Gasteiger partial charge in [0, 0.05) is 65.5 Å². The lowest BCUT2D eigenvalue weighted by Gasteiger charge is -2.48. The van der Waals surface area contributed by atoms with Crippen molar-refractivity contribution in [2.45, 2.75) is 114 Å². The van der Waals surface area contributed by atoms with E-state index in [1.165, 1.54) is 24.3 Å². The molecule has 0 radical (unpaired) electrons. The van der Waals surface area contributed by atoms with E-state index < -0.39 is 120 Å². The topological polar surface area (TPSA) is 255 Å². The van der Waals surface area contributed by atoms with Gasteiger partial charge in [0.25, 0.3) is 5.69 Å². The van der Waals surface area contributed by atoms with E-state index in [1.54, 1.807) is 0 Å². The first-order valence-corrected chi connectivity index (χ1v) is 16.7. The fourth-order valence-electron chi connectivity index (χ4n) is 5.35. The van der Waals surface area contributed by atoms with Crippen LogP contribution in [0.15, 0.2) is 29.2 Å². The number of benzene rings is 1. The third-order valence-corrected chi connectivity index (χ3v) is 8.34. The molecule has 53 heavy (non-hydrogen) atoms. The summed E-state index contributed by atoms with van der Waals surface area (Å²) in [6.45, 7) is 6.23. The van der Waals surface area contributed by atoms with Gasteiger partial charge in [-0.3, -0.25) is 43.7 Å². The molecule has 2 saturated heterocycles. The van der Waals surface area contributed by atoms with Crippen LogP contribution >= 0.6 is 11.8 Å². The Morgan fingerprint density at radius 2 is 1.00 bits per heavy atom. The molecule has 0 bridgehead atoms. The Balaban J connectivity index is 2.16. The quantitative estimate of drug-likeness (QED) is 0.112. The lowest BCUT2D eigenvalue weighted by atomic mass is 9.96. The molecule has 0 saturated carbocycles. The summed E-state index contributed by atoms with van der Waals surface area (Å²) in [6.07, 6.45) is -14.2. The number of carbonyl (C=O) groups is 7. The first kappa shape index (κ1) is 42.6. The molecule has 2 heterocycles. The van der Waals surface area contributed by atoms with Crippen molar-refractivity contribution in [3.05, 3.63) is 34.4 Å². The van der Waals surface area contributed by atoms with Crippen LogP contribution in [0.25, 0.3) is 0 Å². The molecule has 20 nitrogen and oxygen atoms in total. The van der Waals surface area contributed by atoms with Gasteiger partial charge in [-0.05, 0) is 12.1 Å². The van der Waals surface area contributed by atoms with Crippen molar-refractivity contribution in [1.82, 2.24) is 0 Å². The third-order valence-electron chi connectivity index (χ3n) is 7.19. The Hall–Kier alpha value is -4.86. The summed E-state index contributed by atoms with van der Waals surface area (Å²) < 4.78 is 56.5. The number of carbonyl (C=O) groups excluding carboxylic acids is 7. The zero-order valence-electron chi connectivity index (χ0n) is 29.6. The second kappa shape index (κ2) is 19.3. The van der Waals surface area contributed by atoms with Crippen LogP contribution in [-0.4, -0.2) is 120 Å². The minimum absolute atomic E-state index is 0.209. The van der Waals surface area contributed by atoms with E-state index in [2.05, 4.69) is 0 Å². The fourth-order valence-corrected chi connectivity index (χ4v) is 6.45. The van der Waals surface area contributed by atoms with E-state index in [1.807, 2.05) is 0 Å². The summed E-state index contributed by atoms with van der Waals surface area (Å²) in [6, 6.07) is 5.25. The minimum atomic E-state index is -1.82. The number of nitrogens with zero attached hydrogens (tertiary/aromatic N) is 1. The Labute approximate surface area is 306 Å². The average Bonchev–Trinajstić information content (AvgIpc) is 3.03. The fraction of sp³-hybridized carbons (Fsp3) is 0.594. The second-order valence-electron chi connectivity index (χ2n) is 11.5. The van der Waals surface area contributed by atoms with Crippen molar-refractivity contribution in [3.8, 4) is 0 Å². The SMILES string of the molecule is CC(=O)OC[C@H]1O[C@H](Sc2ccc([N+](=O)[O-])cc2)[C@H](OC(C)=O)[C@@H](OC(C)=O)[C@@H]1O[C@H]1O[C@H](COC(C)=O)[C@@H](OC(C)=O)[C@H](OC(C)=O)[C@H]1OC(C)=O. The first-order chi connectivity index (χ1) is 24.9. The van der Waals surface area contributed by atoms with Gasteiger partial charge >= 0.3 is 41.8 Å². The number of rotatable bonds is 14. The molecular formula is C32H39NO19S. The first-order valence-electron chi connectivity index (χ1n) is 15.9. The Morgan fingerprint density at radius 3 is 1.45 bits per heavy atom. The number of thioether (sulfide) groups is 1. The van der Waals surface area contributed by atoms with Gasteiger partial charge in [-0.25, -0.2) is 0 Å². The lowest BCUT2D eigenvalue weighted by Crippen LogP contribution is -2.66. The maximum absolute atomic E-state index is 12.6. The van der Waals surface area contributed by atoms with Crippen LogP contribution in [0.5, 0.6) is 0 Å². The second-order valence-corrected chi connectivity index (χ2v) is 12.7. The number of nitro groups is 1. The van der Waals surface area contributed by atoms with Gasteiger partial charge in [-0.2, -0.15) is 0 Å². The Bertz CT molecular complexity index is 1530. The molecule has 21 heteroatoms. The number of hydrogen-bond donors (Lipinski definition) is 0. The zero-order chi connectivity index (χ0) is 39.6. The lowest BCUT2D eigenvalue weighted by molar-refractivity contribution is -0.384. The molecule has 0 aromatic heterocycles. The summed E-state index contributed by atoms with van der Waals surface area (Å²) in [7, 11) is 0. The molecule has 0 N–H and O–H groups in total. The highest BCUT2D eigenvalue weighted by Gasteiger charge is 2.57. The average molecular weight is 774 g/mol. The molecule has 0 unspecified atom stereocenters. The van der Waals surface area contributed by atoms with Gasteiger partial charge in [-0.15, -0.1) is 0 Å². The van der Waals surface area contributed by atoms with Gasteiger partial charge in [0.05, 0.1) is 4.92 Å². The van der Waals surface area contributed by atoms with Crippen molar-refractivity contribution in [3.63, 3.8) is 0 Å². The number of nitro benzene ring substituents is 1. The molecule has 0 aliphatic carbocycles. The monoisotopic (exact) mass is 773 g/mol. The van der Waals surface area contributed by atoms with E-state index in [4.69, 9.17) is 47.4 Å². The molecular weight excluding hydrogens is 734 g/mol. The number of non-ortho nitro benzene ring substituents is 1. The number of hydrogen-bond acceptors (Lipinski definition) is 20. The molecule has 2 aliphatic rings. The van der Waals surface area contributed by atoms with E-state index >= 15 is 0 Å². The van der Waals surface area contributed by atoms with Gasteiger partial charge in [0.2, 0.25) is 0 Å². The third kappa shape index (κ3) is 12.6. The molecule has 0 amide bonds. The standard InChI is InChI=1S/C32H39NO19S/c1-14(34)43-12-23-25(45-16(3)36)27(46-17(4)37)29(48-19(6)39)31(50-23)52-26-24(13-44-15(2)35)51-32(30(49-20(7)40)28(26)47-18(5)38)53-22-10-8-21(9-11-22)33(41)42/h8-11,23-32H,12-13H2,1-7H3/t23-,24-,25-,26-,27+,28+,29-,30-,31-,32-/m1/s1. The summed E-state index contributed by atoms with van der Waals surface area (Å²) >= 11 is 0.919. The molecule has 1 aromatic carbocycles. The Morgan fingerprint density at radius 1 is 0.585 bits per heavy atom. The van der Waals surface area contributed by atoms with Crippen LogP contribution in [0, 0.1) is 10.1 Å². The minimum Gasteiger partial charge on any atom is -0.463 e. The van der Waals surface area contributed by atoms with Crippen LogP contribution in [0.4, 0.5) is 5.69 Å². The van der Waals surface area contributed by atoms with Crippen LogP contribution in [-0.2, 0) is 80.9 Å². The summed E-state index contributed by atoms with van der Waals surface area (Å²) in [5, 5.41) is 11.2. The summed E-state index contributed by atoms with van der Waals surface area (Å²) in [5.41, 5.74) is -1.44. The molecule has 1 aromatic rings. The van der Waals surface area contributed by atoms with Crippen molar-refractivity contribution >= 4 is 59.2 Å². The van der Waals surface area contributed by atoms with Crippen LogP contribution in [0.2, 0.25) is 0 Å². The molecule has 292 valence electrons. The smallest absolute Gasteiger partial charge is 0.303 e. The molecule has 2 aliphatic heterocycles. The molecule has 3 rings (SSSR count). The van der Waals surface area contributed by atoms with Crippen LogP contribution in [0.3, 0.4) is 0 Å². The van der Waals surface area contributed by atoms with Gasteiger partial charge in [0.15, 0.2) is 36.8 Å². The molecule has 10 atom stereocenters.